The maximum absolute atomic E-state index is 12.0. The maximum Gasteiger partial charge on any atom is 0.240 e. The number of rotatable bonds is 6. The van der Waals surface area contributed by atoms with Gasteiger partial charge in [-0.3, -0.25) is 0 Å². The maximum atomic E-state index is 12.0. The fraction of sp³-hybridized carbons (Fsp3) is 0.571. The van der Waals surface area contributed by atoms with E-state index in [0.29, 0.717) is 4.90 Å². The van der Waals surface area contributed by atoms with Crippen molar-refractivity contribution < 1.29 is 8.42 Å². The summed E-state index contributed by atoms with van der Waals surface area (Å²) in [7, 11) is -3.41. The van der Waals surface area contributed by atoms with Crippen LogP contribution in [0, 0.1) is 0 Å². The molecule has 2 atom stereocenters. The zero-order chi connectivity index (χ0) is 14.6. The zero-order valence-electron chi connectivity index (χ0n) is 12.1. The van der Waals surface area contributed by atoms with E-state index in [1.807, 2.05) is 19.1 Å². The molecule has 1 aromatic carbocycles. The van der Waals surface area contributed by atoms with E-state index in [1.54, 1.807) is 26.0 Å². The van der Waals surface area contributed by atoms with Crippen molar-refractivity contribution >= 4 is 10.0 Å². The van der Waals surface area contributed by atoms with Gasteiger partial charge in [-0.2, -0.15) is 0 Å². The Kier molecular flexibility index (Phi) is 5.52. The molecule has 0 heterocycles. The van der Waals surface area contributed by atoms with E-state index in [1.165, 1.54) is 0 Å². The van der Waals surface area contributed by atoms with Gasteiger partial charge >= 0.3 is 0 Å². The molecule has 19 heavy (non-hydrogen) atoms. The second-order valence-corrected chi connectivity index (χ2v) is 6.92. The number of nitrogens with one attached hydrogen (secondary N) is 1. The van der Waals surface area contributed by atoms with E-state index >= 15 is 0 Å². The highest BCUT2D eigenvalue weighted by molar-refractivity contribution is 7.89. The lowest BCUT2D eigenvalue weighted by Gasteiger charge is -2.19. The fourth-order valence-electron chi connectivity index (χ4n) is 1.93. The van der Waals surface area contributed by atoms with Crippen molar-refractivity contribution in [1.82, 2.24) is 4.72 Å². The molecule has 108 valence electrons. The number of hydrogen-bond donors (Lipinski definition) is 2. The standard InChI is InChI=1S/C14H24N2O2S/c1-5-14(15)11(4)12-6-8-13(9-7-12)19(17,18)16-10(2)3/h6-11,14,16H,5,15H2,1-4H3. The molecule has 2 unspecified atom stereocenters. The van der Waals surface area contributed by atoms with Gasteiger partial charge in [-0.25, -0.2) is 13.1 Å². The molecule has 1 rings (SSSR count). The van der Waals surface area contributed by atoms with Gasteiger partial charge in [-0.1, -0.05) is 26.0 Å². The summed E-state index contributed by atoms with van der Waals surface area (Å²) in [4.78, 5) is 0.294. The number of hydrogen-bond acceptors (Lipinski definition) is 3. The molecule has 4 nitrogen and oxygen atoms in total. The van der Waals surface area contributed by atoms with E-state index in [2.05, 4.69) is 11.6 Å². The van der Waals surface area contributed by atoms with E-state index in [-0.39, 0.29) is 18.0 Å². The molecule has 1 aromatic rings. The summed E-state index contributed by atoms with van der Waals surface area (Å²) < 4.78 is 26.5. The lowest BCUT2D eigenvalue weighted by atomic mass is 9.92. The molecule has 0 aliphatic carbocycles. The smallest absolute Gasteiger partial charge is 0.240 e. The first-order chi connectivity index (χ1) is 8.77. The Morgan fingerprint density at radius 3 is 2.11 bits per heavy atom. The molecule has 0 aliphatic rings. The lowest BCUT2D eigenvalue weighted by molar-refractivity contribution is 0.550. The summed E-state index contributed by atoms with van der Waals surface area (Å²) in [6, 6.07) is 6.94. The third kappa shape index (κ3) is 4.30. The first kappa shape index (κ1) is 16.1. The van der Waals surface area contributed by atoms with Crippen molar-refractivity contribution in [3.8, 4) is 0 Å². The highest BCUT2D eigenvalue weighted by Crippen LogP contribution is 2.21. The molecule has 0 bridgehead atoms. The van der Waals surface area contributed by atoms with Crippen LogP contribution in [0.4, 0.5) is 0 Å². The minimum Gasteiger partial charge on any atom is -0.327 e. The summed E-state index contributed by atoms with van der Waals surface area (Å²) in [6.45, 7) is 7.71. The summed E-state index contributed by atoms with van der Waals surface area (Å²) >= 11 is 0. The van der Waals surface area contributed by atoms with Crippen molar-refractivity contribution in [3.63, 3.8) is 0 Å². The van der Waals surface area contributed by atoms with Crippen molar-refractivity contribution in [2.24, 2.45) is 5.73 Å². The average Bonchev–Trinajstić information content (AvgIpc) is 2.35. The molecule has 3 N–H and O–H groups in total. The van der Waals surface area contributed by atoms with Gasteiger partial charge in [0.05, 0.1) is 4.90 Å². The van der Waals surface area contributed by atoms with Gasteiger partial charge in [0, 0.05) is 12.1 Å². The molecule has 0 amide bonds. The second-order valence-electron chi connectivity index (χ2n) is 5.21. The summed E-state index contributed by atoms with van der Waals surface area (Å²) in [5, 5.41) is 0. The number of benzene rings is 1. The fourth-order valence-corrected chi connectivity index (χ4v) is 3.18. The average molecular weight is 284 g/mol. The van der Waals surface area contributed by atoms with Crippen LogP contribution < -0.4 is 10.5 Å². The first-order valence-corrected chi connectivity index (χ1v) is 8.14. The Hall–Kier alpha value is -0.910. The van der Waals surface area contributed by atoms with E-state index < -0.39 is 10.0 Å². The van der Waals surface area contributed by atoms with Crippen LogP contribution in [-0.2, 0) is 10.0 Å². The predicted molar refractivity (Wildman–Crippen MR) is 78.6 cm³/mol. The molecule has 0 spiro atoms. The minimum atomic E-state index is -3.41. The van der Waals surface area contributed by atoms with Gasteiger partial charge in [0.15, 0.2) is 0 Å². The van der Waals surface area contributed by atoms with E-state index in [4.69, 9.17) is 5.73 Å². The number of sulfonamides is 1. The van der Waals surface area contributed by atoms with Crippen molar-refractivity contribution in [3.05, 3.63) is 29.8 Å². The molecular formula is C14H24N2O2S. The number of nitrogens with two attached hydrogens (primary N) is 1. The SMILES string of the molecule is CCC(N)C(C)c1ccc(S(=O)(=O)NC(C)C)cc1. The normalized spacial score (nSPS) is 15.5. The van der Waals surface area contributed by atoms with Crippen LogP contribution in [0.25, 0.3) is 0 Å². The molecule has 5 heteroatoms. The zero-order valence-corrected chi connectivity index (χ0v) is 12.9. The Labute approximate surface area is 116 Å². The van der Waals surface area contributed by atoms with Gasteiger partial charge < -0.3 is 5.73 Å². The van der Waals surface area contributed by atoms with Crippen molar-refractivity contribution in [1.29, 1.82) is 0 Å². The Morgan fingerprint density at radius 1 is 1.16 bits per heavy atom. The highest BCUT2D eigenvalue weighted by Gasteiger charge is 2.17. The quantitative estimate of drug-likeness (QED) is 0.841. The molecule has 0 saturated carbocycles. The van der Waals surface area contributed by atoms with E-state index in [0.717, 1.165) is 12.0 Å². The molecule has 0 radical (unpaired) electrons. The lowest BCUT2D eigenvalue weighted by Crippen LogP contribution is -2.30. The van der Waals surface area contributed by atoms with Crippen LogP contribution in [0.1, 0.15) is 45.6 Å². The third-order valence-electron chi connectivity index (χ3n) is 3.22. The van der Waals surface area contributed by atoms with Gasteiger partial charge in [0.25, 0.3) is 0 Å². The van der Waals surface area contributed by atoms with Crippen molar-refractivity contribution in [2.45, 2.75) is 57.0 Å². The molecule has 0 saturated heterocycles. The van der Waals surface area contributed by atoms with Crippen LogP contribution in [0.2, 0.25) is 0 Å². The highest BCUT2D eigenvalue weighted by atomic mass is 32.2. The Bertz CT molecular complexity index is 495. The minimum absolute atomic E-state index is 0.0937. The molecular weight excluding hydrogens is 260 g/mol. The summed E-state index contributed by atoms with van der Waals surface area (Å²) in [5.41, 5.74) is 7.08. The van der Waals surface area contributed by atoms with Gasteiger partial charge in [-0.05, 0) is 43.9 Å². The van der Waals surface area contributed by atoms with Crippen LogP contribution in [0.5, 0.6) is 0 Å². The van der Waals surface area contributed by atoms with Gasteiger partial charge in [0.2, 0.25) is 10.0 Å². The largest absolute Gasteiger partial charge is 0.327 e. The van der Waals surface area contributed by atoms with Crippen molar-refractivity contribution in [2.75, 3.05) is 0 Å². The third-order valence-corrected chi connectivity index (χ3v) is 4.90. The molecule has 0 fully saturated rings. The van der Waals surface area contributed by atoms with Gasteiger partial charge in [0.1, 0.15) is 0 Å². The monoisotopic (exact) mass is 284 g/mol. The second kappa shape index (κ2) is 6.50. The summed E-state index contributed by atoms with van der Waals surface area (Å²) in [5.74, 6) is 0.222. The van der Waals surface area contributed by atoms with Crippen LogP contribution in [-0.4, -0.2) is 20.5 Å². The Morgan fingerprint density at radius 2 is 1.68 bits per heavy atom. The predicted octanol–water partition coefficient (Wildman–Crippen LogP) is 2.21. The molecule has 0 aromatic heterocycles. The van der Waals surface area contributed by atoms with Crippen LogP contribution in [0.15, 0.2) is 29.2 Å². The van der Waals surface area contributed by atoms with Gasteiger partial charge in [-0.15, -0.1) is 0 Å². The Balaban J connectivity index is 2.94. The first-order valence-electron chi connectivity index (χ1n) is 6.65. The van der Waals surface area contributed by atoms with Crippen LogP contribution >= 0.6 is 0 Å². The topological polar surface area (TPSA) is 72.2 Å². The van der Waals surface area contributed by atoms with Crippen LogP contribution in [0.3, 0.4) is 0 Å². The summed E-state index contributed by atoms with van der Waals surface area (Å²) in [6.07, 6.45) is 0.899. The molecule has 0 aliphatic heterocycles. The van der Waals surface area contributed by atoms with E-state index in [9.17, 15) is 8.42 Å².